The van der Waals surface area contributed by atoms with Crippen molar-refractivity contribution in [1.29, 1.82) is 0 Å². The van der Waals surface area contributed by atoms with E-state index < -0.39 is 0 Å². The molecule has 1 saturated carbocycles. The van der Waals surface area contributed by atoms with Gasteiger partial charge < -0.3 is 15.5 Å². The van der Waals surface area contributed by atoms with Gasteiger partial charge in [-0.05, 0) is 38.4 Å². The van der Waals surface area contributed by atoms with Crippen LogP contribution < -0.4 is 10.6 Å². The van der Waals surface area contributed by atoms with Gasteiger partial charge in [0.05, 0.1) is 6.04 Å². The monoisotopic (exact) mass is 281 g/mol. The van der Waals surface area contributed by atoms with E-state index in [2.05, 4.69) is 33.0 Å². The fourth-order valence-corrected chi connectivity index (χ4v) is 3.44. The molecule has 0 aliphatic heterocycles. The van der Waals surface area contributed by atoms with Crippen molar-refractivity contribution in [2.45, 2.75) is 37.8 Å². The zero-order valence-electron chi connectivity index (χ0n) is 11.7. The maximum absolute atomic E-state index is 11.9. The molecule has 106 valence electrons. The minimum Gasteiger partial charge on any atom is -0.336 e. The van der Waals surface area contributed by atoms with Gasteiger partial charge in [0, 0.05) is 17.5 Å². The Morgan fingerprint density at radius 3 is 2.79 bits per heavy atom. The first-order valence-corrected chi connectivity index (χ1v) is 7.79. The lowest BCUT2D eigenvalue weighted by molar-refractivity contribution is 0.230. The first-order chi connectivity index (χ1) is 9.16. The van der Waals surface area contributed by atoms with Crippen LogP contribution in [-0.2, 0) is 0 Å². The standard InChI is InChI=1S/C14H23N3OS/c1-17(2)12(13-8-5-9-19-13)10-15-14(18)16-11-6-3-4-7-11/h5,8-9,11-12H,3-4,6-7,10H2,1-2H3,(H2,15,16,18)/t12-/m1/s1. The van der Waals surface area contributed by atoms with Gasteiger partial charge in [0.1, 0.15) is 0 Å². The second-order valence-electron chi connectivity index (χ2n) is 5.33. The average Bonchev–Trinajstić information content (AvgIpc) is 3.01. The van der Waals surface area contributed by atoms with Crippen LogP contribution in [0.25, 0.3) is 0 Å². The molecule has 19 heavy (non-hydrogen) atoms. The van der Waals surface area contributed by atoms with Crippen molar-refractivity contribution in [3.05, 3.63) is 22.4 Å². The molecular formula is C14H23N3OS. The molecule has 0 radical (unpaired) electrons. The summed E-state index contributed by atoms with van der Waals surface area (Å²) in [7, 11) is 4.09. The predicted molar refractivity (Wildman–Crippen MR) is 79.5 cm³/mol. The van der Waals surface area contributed by atoms with Crippen molar-refractivity contribution in [3.63, 3.8) is 0 Å². The van der Waals surface area contributed by atoms with Crippen LogP contribution in [0.4, 0.5) is 4.79 Å². The third-order valence-electron chi connectivity index (χ3n) is 3.64. The highest BCUT2D eigenvalue weighted by Gasteiger charge is 2.19. The summed E-state index contributed by atoms with van der Waals surface area (Å²) in [6.07, 6.45) is 4.71. The maximum Gasteiger partial charge on any atom is 0.315 e. The highest BCUT2D eigenvalue weighted by molar-refractivity contribution is 7.10. The van der Waals surface area contributed by atoms with Gasteiger partial charge in [-0.2, -0.15) is 0 Å². The van der Waals surface area contributed by atoms with Crippen molar-refractivity contribution in [2.75, 3.05) is 20.6 Å². The van der Waals surface area contributed by atoms with Crippen LogP contribution in [0, 0.1) is 0 Å². The predicted octanol–water partition coefficient (Wildman–Crippen LogP) is 2.59. The Bertz CT molecular complexity index is 385. The number of hydrogen-bond acceptors (Lipinski definition) is 3. The van der Waals surface area contributed by atoms with E-state index in [0.29, 0.717) is 12.6 Å². The normalized spacial score (nSPS) is 17.6. The van der Waals surface area contributed by atoms with Gasteiger partial charge in [-0.25, -0.2) is 4.79 Å². The second-order valence-corrected chi connectivity index (χ2v) is 6.31. The fraction of sp³-hybridized carbons (Fsp3) is 0.643. The van der Waals surface area contributed by atoms with Gasteiger partial charge in [0.25, 0.3) is 0 Å². The number of amides is 2. The van der Waals surface area contributed by atoms with E-state index in [9.17, 15) is 4.79 Å². The molecule has 1 aromatic heterocycles. The molecule has 1 aliphatic rings. The Hall–Kier alpha value is -1.07. The Morgan fingerprint density at radius 1 is 1.47 bits per heavy atom. The SMILES string of the molecule is CN(C)[C@H](CNC(=O)NC1CCCC1)c1cccs1. The van der Waals surface area contributed by atoms with Crippen molar-refractivity contribution in [2.24, 2.45) is 0 Å². The minimum atomic E-state index is -0.0321. The summed E-state index contributed by atoms with van der Waals surface area (Å²) in [6.45, 7) is 0.645. The molecule has 0 saturated heterocycles. The first-order valence-electron chi connectivity index (χ1n) is 6.91. The molecule has 0 bridgehead atoms. The summed E-state index contributed by atoms with van der Waals surface area (Å²) in [5.41, 5.74) is 0. The molecule has 1 heterocycles. The van der Waals surface area contributed by atoms with Gasteiger partial charge in [-0.1, -0.05) is 18.9 Å². The molecule has 1 aliphatic carbocycles. The number of rotatable bonds is 5. The molecular weight excluding hydrogens is 258 g/mol. The Morgan fingerprint density at radius 2 is 2.21 bits per heavy atom. The van der Waals surface area contributed by atoms with Crippen molar-refractivity contribution in [3.8, 4) is 0 Å². The van der Waals surface area contributed by atoms with Gasteiger partial charge >= 0.3 is 6.03 Å². The van der Waals surface area contributed by atoms with Crippen LogP contribution in [0.5, 0.6) is 0 Å². The third-order valence-corrected chi connectivity index (χ3v) is 4.61. The van der Waals surface area contributed by atoms with E-state index in [4.69, 9.17) is 0 Å². The van der Waals surface area contributed by atoms with Gasteiger partial charge in [-0.15, -0.1) is 11.3 Å². The van der Waals surface area contributed by atoms with Gasteiger partial charge in [0.2, 0.25) is 0 Å². The molecule has 0 unspecified atom stereocenters. The van der Waals surface area contributed by atoms with E-state index in [1.54, 1.807) is 11.3 Å². The minimum absolute atomic E-state index is 0.0321. The molecule has 4 nitrogen and oxygen atoms in total. The van der Waals surface area contributed by atoms with Crippen molar-refractivity contribution < 1.29 is 4.79 Å². The number of urea groups is 1. The summed E-state index contributed by atoms with van der Waals surface area (Å²) in [5.74, 6) is 0. The molecule has 0 aromatic carbocycles. The third kappa shape index (κ3) is 4.21. The molecule has 5 heteroatoms. The zero-order valence-corrected chi connectivity index (χ0v) is 12.5. The number of nitrogens with zero attached hydrogens (tertiary/aromatic N) is 1. The van der Waals surface area contributed by atoms with Crippen LogP contribution >= 0.6 is 11.3 Å². The van der Waals surface area contributed by atoms with E-state index in [0.717, 1.165) is 12.8 Å². The van der Waals surface area contributed by atoms with Crippen LogP contribution in [0.1, 0.15) is 36.6 Å². The Balaban J connectivity index is 1.80. The molecule has 1 fully saturated rings. The molecule has 0 spiro atoms. The Kier molecular flexibility index (Phi) is 5.22. The number of carbonyl (C=O) groups excluding carboxylic acids is 1. The van der Waals surface area contributed by atoms with E-state index in [1.165, 1.54) is 17.7 Å². The lowest BCUT2D eigenvalue weighted by atomic mass is 10.2. The molecule has 2 rings (SSSR count). The smallest absolute Gasteiger partial charge is 0.315 e. The molecule has 1 atom stereocenters. The van der Waals surface area contributed by atoms with Crippen LogP contribution in [-0.4, -0.2) is 37.6 Å². The highest BCUT2D eigenvalue weighted by atomic mass is 32.1. The summed E-state index contributed by atoms with van der Waals surface area (Å²) in [5, 5.41) is 8.12. The molecule has 1 aromatic rings. The van der Waals surface area contributed by atoms with Crippen LogP contribution in [0.2, 0.25) is 0 Å². The van der Waals surface area contributed by atoms with Gasteiger partial charge in [-0.3, -0.25) is 0 Å². The highest BCUT2D eigenvalue weighted by Crippen LogP contribution is 2.22. The van der Waals surface area contributed by atoms with E-state index >= 15 is 0 Å². The second kappa shape index (κ2) is 6.91. The number of likely N-dealkylation sites (N-methyl/N-ethyl adjacent to an activating group) is 1. The number of hydrogen-bond donors (Lipinski definition) is 2. The van der Waals surface area contributed by atoms with Crippen molar-refractivity contribution >= 4 is 17.4 Å². The fourth-order valence-electron chi connectivity index (χ4n) is 2.51. The van der Waals surface area contributed by atoms with Crippen molar-refractivity contribution in [1.82, 2.24) is 15.5 Å². The zero-order chi connectivity index (χ0) is 13.7. The maximum atomic E-state index is 11.9. The van der Waals surface area contributed by atoms with Crippen LogP contribution in [0.15, 0.2) is 17.5 Å². The lowest BCUT2D eigenvalue weighted by Gasteiger charge is -2.24. The number of nitrogens with one attached hydrogen (secondary N) is 2. The van der Waals surface area contributed by atoms with E-state index in [1.807, 2.05) is 14.1 Å². The topological polar surface area (TPSA) is 44.4 Å². The summed E-state index contributed by atoms with van der Waals surface area (Å²) in [4.78, 5) is 15.3. The first kappa shape index (κ1) is 14.3. The van der Waals surface area contributed by atoms with Gasteiger partial charge in [0.15, 0.2) is 0 Å². The average molecular weight is 281 g/mol. The largest absolute Gasteiger partial charge is 0.336 e. The number of carbonyl (C=O) groups is 1. The summed E-state index contributed by atoms with van der Waals surface area (Å²) >= 11 is 1.73. The molecule has 2 amide bonds. The molecule has 2 N–H and O–H groups in total. The summed E-state index contributed by atoms with van der Waals surface area (Å²) in [6, 6.07) is 4.75. The van der Waals surface area contributed by atoms with Crippen LogP contribution in [0.3, 0.4) is 0 Å². The summed E-state index contributed by atoms with van der Waals surface area (Å²) < 4.78 is 0. The quantitative estimate of drug-likeness (QED) is 0.871. The Labute approximate surface area is 119 Å². The van der Waals surface area contributed by atoms with E-state index in [-0.39, 0.29) is 12.1 Å². The lowest BCUT2D eigenvalue weighted by Crippen LogP contribution is -2.43. The number of thiophene rings is 1.